The third-order valence-electron chi connectivity index (χ3n) is 4.42. The van der Waals surface area contributed by atoms with E-state index in [4.69, 9.17) is 4.52 Å². The molecular formula is C16H18N3O4P. The molecule has 0 spiro atoms. The SMILES string of the molecule is CC(OP(=O)(N1CC1)N1CC1)c1cccc2c([N+](=O)[O-])cccc12. The molecule has 0 aliphatic carbocycles. The summed E-state index contributed by atoms with van der Waals surface area (Å²) in [4.78, 5) is 10.9. The van der Waals surface area contributed by atoms with Crippen molar-refractivity contribution in [3.63, 3.8) is 0 Å². The summed E-state index contributed by atoms with van der Waals surface area (Å²) in [5.74, 6) is 0. The lowest BCUT2D eigenvalue weighted by Gasteiger charge is -2.24. The predicted octanol–water partition coefficient (Wildman–Crippen LogP) is 3.56. The highest BCUT2D eigenvalue weighted by atomic mass is 31.2. The molecule has 1 atom stereocenters. The number of hydrogen-bond acceptors (Lipinski definition) is 4. The summed E-state index contributed by atoms with van der Waals surface area (Å²) in [6.07, 6.45) is -0.414. The summed E-state index contributed by atoms with van der Waals surface area (Å²) in [5.41, 5.74) is 0.891. The largest absolute Gasteiger partial charge is 0.346 e. The van der Waals surface area contributed by atoms with Crippen LogP contribution in [0.4, 0.5) is 5.69 Å². The van der Waals surface area contributed by atoms with Gasteiger partial charge in [0.15, 0.2) is 0 Å². The Morgan fingerprint density at radius 2 is 1.67 bits per heavy atom. The van der Waals surface area contributed by atoms with E-state index < -0.39 is 13.8 Å². The lowest BCUT2D eigenvalue weighted by Crippen LogP contribution is -2.10. The van der Waals surface area contributed by atoms with E-state index in [-0.39, 0.29) is 10.6 Å². The van der Waals surface area contributed by atoms with Gasteiger partial charge in [0.2, 0.25) is 0 Å². The van der Waals surface area contributed by atoms with Crippen molar-refractivity contribution in [2.75, 3.05) is 26.2 Å². The van der Waals surface area contributed by atoms with Gasteiger partial charge in [0, 0.05) is 32.2 Å². The molecule has 2 aromatic rings. The van der Waals surface area contributed by atoms with Gasteiger partial charge in [0.05, 0.1) is 16.4 Å². The molecule has 0 bridgehead atoms. The number of non-ortho nitro benzene ring substituents is 1. The first-order valence-electron chi connectivity index (χ1n) is 7.96. The minimum atomic E-state index is -2.94. The molecule has 126 valence electrons. The summed E-state index contributed by atoms with van der Waals surface area (Å²) in [6.45, 7) is 5.03. The second kappa shape index (κ2) is 5.63. The Hall–Kier alpha value is -1.79. The maximum Gasteiger partial charge on any atom is 0.346 e. The van der Waals surface area contributed by atoms with Crippen LogP contribution in [0.1, 0.15) is 18.6 Å². The van der Waals surface area contributed by atoms with Gasteiger partial charge in [-0.05, 0) is 23.9 Å². The fraction of sp³-hybridized carbons (Fsp3) is 0.375. The number of nitro groups is 1. The average molecular weight is 347 g/mol. The van der Waals surface area contributed by atoms with Gasteiger partial charge in [0.25, 0.3) is 5.69 Å². The molecule has 2 aromatic carbocycles. The number of rotatable bonds is 6. The van der Waals surface area contributed by atoms with Crippen LogP contribution in [0.2, 0.25) is 0 Å². The van der Waals surface area contributed by atoms with Crippen molar-refractivity contribution in [1.29, 1.82) is 0 Å². The van der Waals surface area contributed by atoms with Crippen LogP contribution in [-0.4, -0.2) is 40.4 Å². The molecular weight excluding hydrogens is 329 g/mol. The molecule has 8 heteroatoms. The van der Waals surface area contributed by atoms with Crippen LogP contribution < -0.4 is 0 Å². The Morgan fingerprint density at radius 1 is 1.08 bits per heavy atom. The van der Waals surface area contributed by atoms with Gasteiger partial charge in [-0.2, -0.15) is 0 Å². The zero-order valence-corrected chi connectivity index (χ0v) is 14.2. The van der Waals surface area contributed by atoms with E-state index in [9.17, 15) is 14.7 Å². The highest BCUT2D eigenvalue weighted by molar-refractivity contribution is 7.54. The van der Waals surface area contributed by atoms with Gasteiger partial charge < -0.3 is 0 Å². The molecule has 0 N–H and O–H groups in total. The molecule has 0 radical (unpaired) electrons. The highest BCUT2D eigenvalue weighted by Gasteiger charge is 2.50. The van der Waals surface area contributed by atoms with Gasteiger partial charge in [0.1, 0.15) is 0 Å². The highest BCUT2D eigenvalue weighted by Crippen LogP contribution is 2.63. The molecule has 2 saturated heterocycles. The molecule has 24 heavy (non-hydrogen) atoms. The fourth-order valence-corrected chi connectivity index (χ4v) is 5.34. The van der Waals surface area contributed by atoms with Crippen molar-refractivity contribution < 1.29 is 14.0 Å². The van der Waals surface area contributed by atoms with Crippen molar-refractivity contribution in [2.45, 2.75) is 13.0 Å². The van der Waals surface area contributed by atoms with E-state index in [1.807, 2.05) is 28.4 Å². The van der Waals surface area contributed by atoms with Crippen LogP contribution in [0.15, 0.2) is 36.4 Å². The molecule has 0 saturated carbocycles. The summed E-state index contributed by atoms with van der Waals surface area (Å²) in [7, 11) is -2.94. The Bertz CT molecular complexity index is 848. The van der Waals surface area contributed by atoms with E-state index in [1.54, 1.807) is 18.2 Å². The van der Waals surface area contributed by atoms with Gasteiger partial charge in [-0.25, -0.2) is 9.34 Å². The van der Waals surface area contributed by atoms with Crippen LogP contribution in [0.3, 0.4) is 0 Å². The number of benzene rings is 2. The van der Waals surface area contributed by atoms with Crippen LogP contribution in [0.25, 0.3) is 10.8 Å². The number of hydrogen-bond donors (Lipinski definition) is 0. The Kier molecular flexibility index (Phi) is 3.69. The fourth-order valence-electron chi connectivity index (χ4n) is 3.00. The van der Waals surface area contributed by atoms with Crippen LogP contribution >= 0.6 is 7.67 Å². The third-order valence-corrected chi connectivity index (χ3v) is 7.25. The molecule has 0 aromatic heterocycles. The summed E-state index contributed by atoms with van der Waals surface area (Å²) >= 11 is 0. The molecule has 4 rings (SSSR count). The first kappa shape index (κ1) is 15.7. The molecule has 2 heterocycles. The molecule has 0 amide bonds. The van der Waals surface area contributed by atoms with Crippen molar-refractivity contribution in [3.8, 4) is 0 Å². The quantitative estimate of drug-likeness (QED) is 0.344. The number of nitrogens with zero attached hydrogens (tertiary/aromatic N) is 3. The second-order valence-electron chi connectivity index (χ2n) is 6.12. The van der Waals surface area contributed by atoms with Gasteiger partial charge in [-0.15, -0.1) is 0 Å². The maximum atomic E-state index is 13.2. The molecule has 2 aliphatic heterocycles. The van der Waals surface area contributed by atoms with Crippen molar-refractivity contribution in [2.24, 2.45) is 0 Å². The van der Waals surface area contributed by atoms with E-state index in [0.29, 0.717) is 5.39 Å². The third kappa shape index (κ3) is 2.63. The van der Waals surface area contributed by atoms with Gasteiger partial charge in [-0.1, -0.05) is 24.3 Å². The second-order valence-corrected chi connectivity index (χ2v) is 8.45. The van der Waals surface area contributed by atoms with Crippen LogP contribution in [-0.2, 0) is 9.09 Å². The Labute approximate surface area is 139 Å². The normalized spacial score (nSPS) is 19.4. The number of nitro benzene ring substituents is 1. The lowest BCUT2D eigenvalue weighted by atomic mass is 10.0. The number of fused-ring (bicyclic) bond motifs is 1. The maximum absolute atomic E-state index is 13.2. The molecule has 2 aliphatic rings. The van der Waals surface area contributed by atoms with E-state index in [0.717, 1.165) is 37.1 Å². The minimum Gasteiger partial charge on any atom is -0.298 e. The first-order valence-corrected chi connectivity index (χ1v) is 9.49. The van der Waals surface area contributed by atoms with E-state index in [1.165, 1.54) is 6.07 Å². The minimum absolute atomic E-state index is 0.0709. The summed E-state index contributed by atoms with van der Waals surface area (Å²) < 4.78 is 22.9. The first-order chi connectivity index (χ1) is 11.5. The zero-order chi connectivity index (χ0) is 16.9. The smallest absolute Gasteiger partial charge is 0.298 e. The summed E-state index contributed by atoms with van der Waals surface area (Å²) in [6, 6.07) is 10.4. The molecule has 2 fully saturated rings. The molecule has 7 nitrogen and oxygen atoms in total. The Balaban J connectivity index is 1.72. The van der Waals surface area contributed by atoms with E-state index in [2.05, 4.69) is 0 Å². The zero-order valence-electron chi connectivity index (χ0n) is 13.3. The summed E-state index contributed by atoms with van der Waals surface area (Å²) in [5, 5.41) is 12.6. The van der Waals surface area contributed by atoms with Crippen molar-refractivity contribution in [1.82, 2.24) is 9.34 Å². The standard InChI is InChI=1S/C16H18N3O4P/c1-12(23-24(22,17-8-9-17)18-10-11-18)13-4-2-6-15-14(13)5-3-7-16(15)19(20)21/h2-7,12H,8-11H2,1H3. The topological polar surface area (TPSA) is 75.5 Å². The van der Waals surface area contributed by atoms with Crippen LogP contribution in [0, 0.1) is 10.1 Å². The van der Waals surface area contributed by atoms with Crippen LogP contribution in [0.5, 0.6) is 0 Å². The Morgan fingerprint density at radius 3 is 2.25 bits per heavy atom. The monoisotopic (exact) mass is 347 g/mol. The lowest BCUT2D eigenvalue weighted by molar-refractivity contribution is -0.383. The van der Waals surface area contributed by atoms with Crippen molar-refractivity contribution >= 4 is 24.1 Å². The van der Waals surface area contributed by atoms with Gasteiger partial charge in [-0.3, -0.25) is 19.2 Å². The molecule has 1 unspecified atom stereocenters. The van der Waals surface area contributed by atoms with Gasteiger partial charge >= 0.3 is 7.67 Å². The predicted molar refractivity (Wildman–Crippen MR) is 90.9 cm³/mol. The average Bonchev–Trinajstić information content (AvgIpc) is 3.44. The van der Waals surface area contributed by atoms with E-state index >= 15 is 0 Å². The van der Waals surface area contributed by atoms with Crippen molar-refractivity contribution in [3.05, 3.63) is 52.1 Å².